The average Bonchev–Trinajstić information content (AvgIpc) is 3.24. The van der Waals surface area contributed by atoms with Crippen LogP contribution in [0.2, 0.25) is 0 Å². The van der Waals surface area contributed by atoms with Gasteiger partial charge in [-0.15, -0.1) is 0 Å². The molecule has 0 saturated heterocycles. The highest BCUT2D eigenvalue weighted by Crippen LogP contribution is 2.25. The SMILES string of the molecule is Cc1nc2ccccn2c1-c1ccnc(Nc2ncc(C(=O)NO)s2)n1. The predicted molar refractivity (Wildman–Crippen MR) is 95.6 cm³/mol. The number of rotatable bonds is 4. The number of carbonyl (C=O) groups excluding carboxylic acids is 1. The van der Waals surface area contributed by atoms with Crippen molar-refractivity contribution in [2.24, 2.45) is 0 Å². The molecule has 4 aromatic heterocycles. The molecule has 0 spiro atoms. The Morgan fingerprint density at radius 1 is 1.23 bits per heavy atom. The summed E-state index contributed by atoms with van der Waals surface area (Å²) in [6, 6.07) is 7.60. The Bertz CT molecular complexity index is 1100. The molecule has 0 aromatic carbocycles. The summed E-state index contributed by atoms with van der Waals surface area (Å²) >= 11 is 1.08. The predicted octanol–water partition coefficient (Wildman–Crippen LogP) is 2.42. The number of hydrogen-bond acceptors (Lipinski definition) is 8. The number of anilines is 2. The van der Waals surface area contributed by atoms with Crippen molar-refractivity contribution in [2.45, 2.75) is 6.92 Å². The first-order valence-electron chi connectivity index (χ1n) is 7.60. The van der Waals surface area contributed by atoms with E-state index in [1.165, 1.54) is 6.20 Å². The van der Waals surface area contributed by atoms with E-state index in [1.807, 2.05) is 35.7 Å². The van der Waals surface area contributed by atoms with Gasteiger partial charge in [-0.25, -0.2) is 25.4 Å². The summed E-state index contributed by atoms with van der Waals surface area (Å²) in [4.78, 5) is 29.0. The van der Waals surface area contributed by atoms with Gasteiger partial charge in [0.25, 0.3) is 5.91 Å². The van der Waals surface area contributed by atoms with Crippen LogP contribution in [-0.2, 0) is 0 Å². The normalized spacial score (nSPS) is 10.8. The quantitative estimate of drug-likeness (QED) is 0.374. The molecule has 0 unspecified atom stereocenters. The monoisotopic (exact) mass is 367 g/mol. The molecule has 0 aliphatic carbocycles. The fraction of sp³-hybridized carbons (Fsp3) is 0.0625. The van der Waals surface area contributed by atoms with Gasteiger partial charge in [-0.3, -0.25) is 14.4 Å². The number of nitrogens with zero attached hydrogens (tertiary/aromatic N) is 5. The lowest BCUT2D eigenvalue weighted by atomic mass is 10.2. The molecule has 0 aliphatic heterocycles. The summed E-state index contributed by atoms with van der Waals surface area (Å²) in [6.07, 6.45) is 4.93. The van der Waals surface area contributed by atoms with Crippen molar-refractivity contribution < 1.29 is 10.0 Å². The maximum absolute atomic E-state index is 11.4. The van der Waals surface area contributed by atoms with Crippen molar-refractivity contribution in [3.8, 4) is 11.4 Å². The second-order valence-corrected chi connectivity index (χ2v) is 6.37. The molecular weight excluding hydrogens is 354 g/mol. The molecule has 130 valence electrons. The summed E-state index contributed by atoms with van der Waals surface area (Å²) in [5.41, 5.74) is 4.86. The topological polar surface area (TPSA) is 117 Å². The molecule has 10 heteroatoms. The third kappa shape index (κ3) is 2.87. The van der Waals surface area contributed by atoms with Crippen molar-refractivity contribution >= 4 is 34.0 Å². The molecule has 0 saturated carbocycles. The van der Waals surface area contributed by atoms with E-state index in [0.29, 0.717) is 16.8 Å². The Morgan fingerprint density at radius 2 is 2.12 bits per heavy atom. The van der Waals surface area contributed by atoms with Gasteiger partial charge < -0.3 is 5.32 Å². The van der Waals surface area contributed by atoms with Crippen LogP contribution in [0.25, 0.3) is 17.0 Å². The van der Waals surface area contributed by atoms with E-state index in [-0.39, 0.29) is 4.88 Å². The molecule has 0 radical (unpaired) electrons. The highest BCUT2D eigenvalue weighted by Gasteiger charge is 2.14. The van der Waals surface area contributed by atoms with Gasteiger partial charge in [-0.2, -0.15) is 0 Å². The second-order valence-electron chi connectivity index (χ2n) is 5.34. The lowest BCUT2D eigenvalue weighted by Crippen LogP contribution is -2.16. The minimum Gasteiger partial charge on any atom is -0.300 e. The minimum atomic E-state index is -0.619. The Labute approximate surface area is 151 Å². The van der Waals surface area contributed by atoms with Crippen molar-refractivity contribution in [1.29, 1.82) is 0 Å². The number of carbonyl (C=O) groups is 1. The number of nitrogens with one attached hydrogen (secondary N) is 2. The molecule has 0 atom stereocenters. The zero-order valence-electron chi connectivity index (χ0n) is 13.5. The van der Waals surface area contributed by atoms with Crippen molar-refractivity contribution in [2.75, 3.05) is 5.32 Å². The molecule has 4 heterocycles. The van der Waals surface area contributed by atoms with Crippen LogP contribution in [0.1, 0.15) is 15.4 Å². The first-order chi connectivity index (χ1) is 12.7. The van der Waals surface area contributed by atoms with E-state index >= 15 is 0 Å². The van der Waals surface area contributed by atoms with E-state index < -0.39 is 5.91 Å². The van der Waals surface area contributed by atoms with Crippen LogP contribution in [0.4, 0.5) is 11.1 Å². The third-order valence-corrected chi connectivity index (χ3v) is 4.56. The van der Waals surface area contributed by atoms with Gasteiger partial charge in [0.1, 0.15) is 10.5 Å². The molecular formula is C16H13N7O2S. The number of imidazole rings is 1. The minimum absolute atomic E-state index is 0.267. The van der Waals surface area contributed by atoms with Crippen molar-refractivity contribution in [3.63, 3.8) is 0 Å². The van der Waals surface area contributed by atoms with Crippen LogP contribution < -0.4 is 10.8 Å². The summed E-state index contributed by atoms with van der Waals surface area (Å²) < 4.78 is 1.97. The standard InChI is InChI=1S/C16H13N7O2S/c1-9-13(23-7-3-2-4-12(23)19-9)10-5-6-17-15(20-10)21-16-18-8-11(26-16)14(24)22-25/h2-8,25H,1H3,(H,22,24)(H,17,18,20,21). The molecule has 1 amide bonds. The number of fused-ring (bicyclic) bond motifs is 1. The zero-order valence-corrected chi connectivity index (χ0v) is 14.4. The highest BCUT2D eigenvalue weighted by molar-refractivity contribution is 7.17. The summed E-state index contributed by atoms with van der Waals surface area (Å²) in [7, 11) is 0. The maximum Gasteiger partial charge on any atom is 0.286 e. The zero-order chi connectivity index (χ0) is 18.1. The van der Waals surface area contributed by atoms with Crippen LogP contribution in [0.15, 0.2) is 42.9 Å². The molecule has 0 bridgehead atoms. The number of pyridine rings is 1. The van der Waals surface area contributed by atoms with E-state index in [4.69, 9.17) is 5.21 Å². The lowest BCUT2D eigenvalue weighted by Gasteiger charge is -2.05. The van der Waals surface area contributed by atoms with Crippen molar-refractivity contribution in [3.05, 3.63) is 53.4 Å². The summed E-state index contributed by atoms with van der Waals surface area (Å²) in [6.45, 7) is 1.93. The third-order valence-electron chi connectivity index (χ3n) is 3.65. The van der Waals surface area contributed by atoms with Crippen LogP contribution in [0, 0.1) is 6.92 Å². The van der Waals surface area contributed by atoms with Gasteiger partial charge in [0.05, 0.1) is 23.3 Å². The first kappa shape index (κ1) is 16.1. The number of amides is 1. The lowest BCUT2D eigenvalue weighted by molar-refractivity contribution is 0.0710. The number of hydroxylamine groups is 1. The van der Waals surface area contributed by atoms with Gasteiger partial charge >= 0.3 is 0 Å². The van der Waals surface area contributed by atoms with Crippen LogP contribution in [0.3, 0.4) is 0 Å². The summed E-state index contributed by atoms with van der Waals surface area (Å²) in [5, 5.41) is 12.1. The number of thiazole rings is 1. The Hall–Kier alpha value is -3.37. The van der Waals surface area contributed by atoms with E-state index in [9.17, 15) is 4.79 Å². The second kappa shape index (κ2) is 6.50. The molecule has 0 aliphatic rings. The number of aryl methyl sites for hydroxylation is 1. The smallest absolute Gasteiger partial charge is 0.286 e. The van der Waals surface area contributed by atoms with E-state index in [2.05, 4.69) is 25.3 Å². The maximum atomic E-state index is 11.4. The fourth-order valence-electron chi connectivity index (χ4n) is 2.56. The van der Waals surface area contributed by atoms with E-state index in [1.54, 1.807) is 17.7 Å². The average molecular weight is 367 g/mol. The Morgan fingerprint density at radius 3 is 2.96 bits per heavy atom. The van der Waals surface area contributed by atoms with Crippen LogP contribution in [0.5, 0.6) is 0 Å². The van der Waals surface area contributed by atoms with E-state index in [0.717, 1.165) is 28.4 Å². The molecule has 3 N–H and O–H groups in total. The Balaban J connectivity index is 1.67. The van der Waals surface area contributed by atoms with Gasteiger partial charge in [0.2, 0.25) is 5.95 Å². The molecule has 4 rings (SSSR count). The number of aromatic nitrogens is 5. The first-order valence-corrected chi connectivity index (χ1v) is 8.42. The molecule has 9 nitrogen and oxygen atoms in total. The molecule has 4 aromatic rings. The Kier molecular flexibility index (Phi) is 4.03. The largest absolute Gasteiger partial charge is 0.300 e. The van der Waals surface area contributed by atoms with Gasteiger partial charge in [-0.1, -0.05) is 17.4 Å². The van der Waals surface area contributed by atoms with Crippen molar-refractivity contribution in [1.82, 2.24) is 29.8 Å². The van der Waals surface area contributed by atoms with Gasteiger partial charge in [-0.05, 0) is 25.1 Å². The highest BCUT2D eigenvalue weighted by atomic mass is 32.1. The van der Waals surface area contributed by atoms with Crippen LogP contribution >= 0.6 is 11.3 Å². The fourth-order valence-corrected chi connectivity index (χ4v) is 3.26. The van der Waals surface area contributed by atoms with Gasteiger partial charge in [0.15, 0.2) is 5.13 Å². The number of hydrogen-bond donors (Lipinski definition) is 3. The van der Waals surface area contributed by atoms with Crippen LogP contribution in [-0.4, -0.2) is 35.5 Å². The molecule has 26 heavy (non-hydrogen) atoms. The van der Waals surface area contributed by atoms with Gasteiger partial charge in [0, 0.05) is 12.4 Å². The molecule has 0 fully saturated rings. The summed E-state index contributed by atoms with van der Waals surface area (Å²) in [5.74, 6) is -0.273.